The molecular formula is C9H12N2O3. The number of carbonyl (C=O) groups excluding carboxylic acids is 2. The summed E-state index contributed by atoms with van der Waals surface area (Å²) in [5.74, 6) is -0.169. The Labute approximate surface area is 82.0 Å². The zero-order chi connectivity index (χ0) is 10.4. The maximum absolute atomic E-state index is 10.9. The van der Waals surface area contributed by atoms with Gasteiger partial charge in [0.25, 0.3) is 0 Å². The standard InChI is InChI=1S/C9H12N2O3/c10-5-4-8(12)11-9(13)14-6-7-2-1-3-7/h7H,1-4,6H2,(H,11,12,13). The number of hydrogen-bond donors (Lipinski definition) is 1. The van der Waals surface area contributed by atoms with E-state index in [1.54, 1.807) is 6.07 Å². The molecule has 0 bridgehead atoms. The Morgan fingerprint density at radius 2 is 2.21 bits per heavy atom. The first-order chi connectivity index (χ1) is 6.72. The van der Waals surface area contributed by atoms with Gasteiger partial charge in [-0.25, -0.2) is 4.79 Å². The molecule has 0 heterocycles. The van der Waals surface area contributed by atoms with Crippen LogP contribution in [-0.4, -0.2) is 18.6 Å². The third-order valence-corrected chi connectivity index (χ3v) is 2.16. The van der Waals surface area contributed by atoms with E-state index in [-0.39, 0.29) is 6.42 Å². The molecule has 1 N–H and O–H groups in total. The number of nitriles is 1. The predicted octanol–water partition coefficient (Wildman–Crippen LogP) is 0.953. The van der Waals surface area contributed by atoms with Crippen LogP contribution in [0.15, 0.2) is 0 Å². The molecule has 0 aromatic heterocycles. The number of hydrogen-bond acceptors (Lipinski definition) is 4. The molecule has 1 fully saturated rings. The van der Waals surface area contributed by atoms with E-state index < -0.39 is 12.0 Å². The Morgan fingerprint density at radius 1 is 1.50 bits per heavy atom. The van der Waals surface area contributed by atoms with E-state index in [0.717, 1.165) is 12.8 Å². The fourth-order valence-corrected chi connectivity index (χ4v) is 1.12. The van der Waals surface area contributed by atoms with Crippen LogP contribution in [0.25, 0.3) is 0 Å². The van der Waals surface area contributed by atoms with Gasteiger partial charge in [-0.05, 0) is 18.8 Å². The first kappa shape index (κ1) is 10.5. The topological polar surface area (TPSA) is 79.2 Å². The smallest absolute Gasteiger partial charge is 0.413 e. The highest BCUT2D eigenvalue weighted by Crippen LogP contribution is 2.26. The van der Waals surface area contributed by atoms with Crippen molar-refractivity contribution < 1.29 is 14.3 Å². The highest BCUT2D eigenvalue weighted by molar-refractivity contribution is 5.92. The number of carbonyl (C=O) groups is 2. The number of ether oxygens (including phenoxy) is 1. The second-order valence-electron chi connectivity index (χ2n) is 3.28. The minimum atomic E-state index is -0.753. The summed E-state index contributed by atoms with van der Waals surface area (Å²) in [5, 5.41) is 10.1. The molecule has 0 unspecified atom stereocenters. The number of nitrogens with zero attached hydrogens (tertiary/aromatic N) is 1. The number of amides is 2. The summed E-state index contributed by atoms with van der Waals surface area (Å²) < 4.78 is 4.78. The molecule has 0 aromatic rings. The third-order valence-electron chi connectivity index (χ3n) is 2.16. The van der Waals surface area contributed by atoms with Crippen LogP contribution >= 0.6 is 0 Å². The molecule has 0 aliphatic heterocycles. The van der Waals surface area contributed by atoms with Gasteiger partial charge in [-0.2, -0.15) is 5.26 Å². The lowest BCUT2D eigenvalue weighted by molar-refractivity contribution is -0.119. The highest BCUT2D eigenvalue weighted by Gasteiger charge is 2.19. The summed E-state index contributed by atoms with van der Waals surface area (Å²) in [6, 6.07) is 1.64. The molecule has 0 spiro atoms. The number of rotatable bonds is 3. The average molecular weight is 196 g/mol. The van der Waals surface area contributed by atoms with Crippen molar-refractivity contribution >= 4 is 12.0 Å². The molecule has 0 aromatic carbocycles. The van der Waals surface area contributed by atoms with Crippen LogP contribution in [0.5, 0.6) is 0 Å². The number of nitrogens with one attached hydrogen (secondary N) is 1. The summed E-state index contributed by atoms with van der Waals surface area (Å²) in [7, 11) is 0. The minimum Gasteiger partial charge on any atom is -0.449 e. The second-order valence-corrected chi connectivity index (χ2v) is 3.28. The molecule has 1 saturated carbocycles. The van der Waals surface area contributed by atoms with Crippen molar-refractivity contribution in [3.05, 3.63) is 0 Å². The molecule has 5 nitrogen and oxygen atoms in total. The lowest BCUT2D eigenvalue weighted by Crippen LogP contribution is -2.32. The molecule has 76 valence electrons. The van der Waals surface area contributed by atoms with Crippen LogP contribution in [0.3, 0.4) is 0 Å². The van der Waals surface area contributed by atoms with E-state index in [1.165, 1.54) is 6.42 Å². The van der Waals surface area contributed by atoms with Gasteiger partial charge < -0.3 is 4.74 Å². The Morgan fingerprint density at radius 3 is 2.71 bits per heavy atom. The lowest BCUT2D eigenvalue weighted by Gasteiger charge is -2.24. The van der Waals surface area contributed by atoms with Crippen LogP contribution in [0.1, 0.15) is 25.7 Å². The van der Waals surface area contributed by atoms with Crippen molar-refractivity contribution in [2.45, 2.75) is 25.7 Å². The largest absolute Gasteiger partial charge is 0.449 e. The summed E-state index contributed by atoms with van der Waals surface area (Å²) in [4.78, 5) is 21.7. The molecule has 2 amide bonds. The van der Waals surface area contributed by atoms with E-state index >= 15 is 0 Å². The van der Waals surface area contributed by atoms with E-state index in [1.807, 2.05) is 5.32 Å². The van der Waals surface area contributed by atoms with Gasteiger partial charge in [-0.1, -0.05) is 6.42 Å². The van der Waals surface area contributed by atoms with Gasteiger partial charge in [0.2, 0.25) is 5.91 Å². The van der Waals surface area contributed by atoms with Crippen molar-refractivity contribution in [2.24, 2.45) is 5.92 Å². The molecule has 0 atom stereocenters. The fourth-order valence-electron chi connectivity index (χ4n) is 1.12. The molecule has 0 saturated heterocycles. The van der Waals surface area contributed by atoms with E-state index in [0.29, 0.717) is 12.5 Å². The monoisotopic (exact) mass is 196 g/mol. The third kappa shape index (κ3) is 3.44. The number of alkyl carbamates (subject to hydrolysis) is 1. The first-order valence-electron chi connectivity index (χ1n) is 4.56. The predicted molar refractivity (Wildman–Crippen MR) is 47.1 cm³/mol. The van der Waals surface area contributed by atoms with Crippen LogP contribution in [-0.2, 0) is 9.53 Å². The minimum absolute atomic E-state index is 0.321. The van der Waals surface area contributed by atoms with Crippen molar-refractivity contribution in [3.8, 4) is 6.07 Å². The summed E-state index contributed by atoms with van der Waals surface area (Å²) in [6.45, 7) is 0.367. The Balaban J connectivity index is 2.09. The van der Waals surface area contributed by atoms with Crippen molar-refractivity contribution in [1.29, 1.82) is 5.26 Å². The first-order valence-corrected chi connectivity index (χ1v) is 4.56. The summed E-state index contributed by atoms with van der Waals surface area (Å²) in [5.41, 5.74) is 0. The molecule has 14 heavy (non-hydrogen) atoms. The van der Waals surface area contributed by atoms with Gasteiger partial charge >= 0.3 is 6.09 Å². The van der Waals surface area contributed by atoms with Gasteiger partial charge in [0.1, 0.15) is 6.42 Å². The second kappa shape index (κ2) is 5.22. The van der Waals surface area contributed by atoms with Crippen molar-refractivity contribution in [1.82, 2.24) is 5.32 Å². The van der Waals surface area contributed by atoms with Gasteiger partial charge in [0.15, 0.2) is 0 Å². The van der Waals surface area contributed by atoms with Gasteiger partial charge in [0.05, 0.1) is 12.7 Å². The normalized spacial score (nSPS) is 15.1. The van der Waals surface area contributed by atoms with E-state index in [2.05, 4.69) is 0 Å². The van der Waals surface area contributed by atoms with E-state index in [4.69, 9.17) is 10.00 Å². The van der Waals surface area contributed by atoms with Crippen molar-refractivity contribution in [3.63, 3.8) is 0 Å². The van der Waals surface area contributed by atoms with Crippen LogP contribution in [0.2, 0.25) is 0 Å². The molecule has 0 radical (unpaired) electrons. The lowest BCUT2D eigenvalue weighted by atomic mass is 9.86. The Hall–Kier alpha value is -1.57. The van der Waals surface area contributed by atoms with Gasteiger partial charge in [-0.3, -0.25) is 10.1 Å². The molecule has 1 rings (SSSR count). The van der Waals surface area contributed by atoms with Crippen LogP contribution in [0, 0.1) is 17.2 Å². The maximum Gasteiger partial charge on any atom is 0.413 e. The summed E-state index contributed by atoms with van der Waals surface area (Å²) in [6.07, 6.45) is 2.28. The quantitative estimate of drug-likeness (QED) is 0.728. The summed E-state index contributed by atoms with van der Waals surface area (Å²) >= 11 is 0. The average Bonchev–Trinajstić information content (AvgIpc) is 2.01. The van der Waals surface area contributed by atoms with E-state index in [9.17, 15) is 9.59 Å². The number of imide groups is 1. The zero-order valence-corrected chi connectivity index (χ0v) is 7.78. The maximum atomic E-state index is 10.9. The fraction of sp³-hybridized carbons (Fsp3) is 0.667. The van der Waals surface area contributed by atoms with Crippen LogP contribution in [0.4, 0.5) is 4.79 Å². The highest BCUT2D eigenvalue weighted by atomic mass is 16.5. The Bertz CT molecular complexity index is 266. The van der Waals surface area contributed by atoms with Crippen LogP contribution < -0.4 is 5.32 Å². The molecule has 1 aliphatic carbocycles. The molecular weight excluding hydrogens is 184 g/mol. The van der Waals surface area contributed by atoms with Gasteiger partial charge in [-0.15, -0.1) is 0 Å². The SMILES string of the molecule is N#CCC(=O)NC(=O)OCC1CCC1. The van der Waals surface area contributed by atoms with Crippen molar-refractivity contribution in [2.75, 3.05) is 6.61 Å². The molecule has 1 aliphatic rings. The Kier molecular flexibility index (Phi) is 3.92. The molecule has 5 heteroatoms. The zero-order valence-electron chi connectivity index (χ0n) is 7.78. The van der Waals surface area contributed by atoms with Gasteiger partial charge in [0, 0.05) is 0 Å².